The smallest absolute Gasteiger partial charge is 0.220 e. The Bertz CT molecular complexity index is 441. The molecule has 22 heavy (non-hydrogen) atoms. The van der Waals surface area contributed by atoms with Crippen LogP contribution in [0.4, 0.5) is 0 Å². The van der Waals surface area contributed by atoms with Crippen LogP contribution in [0.1, 0.15) is 38.2 Å². The summed E-state index contributed by atoms with van der Waals surface area (Å²) in [5, 5.41) is 2.87. The van der Waals surface area contributed by atoms with Crippen LogP contribution >= 0.6 is 12.4 Å². The minimum absolute atomic E-state index is 0. The Morgan fingerprint density at radius 2 is 2.05 bits per heavy atom. The summed E-state index contributed by atoms with van der Waals surface area (Å²) >= 11 is 0. The maximum Gasteiger partial charge on any atom is 0.220 e. The topological polar surface area (TPSA) is 73.6 Å². The third-order valence-corrected chi connectivity index (χ3v) is 3.08. The zero-order valence-electron chi connectivity index (χ0n) is 13.4. The quantitative estimate of drug-likeness (QED) is 0.647. The van der Waals surface area contributed by atoms with Crippen molar-refractivity contribution >= 4 is 18.3 Å². The highest BCUT2D eigenvalue weighted by molar-refractivity contribution is 5.85. The molecule has 0 atom stereocenters. The molecule has 5 nitrogen and oxygen atoms in total. The van der Waals surface area contributed by atoms with E-state index in [1.807, 2.05) is 18.2 Å². The molecule has 1 rings (SSSR count). The normalized spacial score (nSPS) is 9.77. The van der Waals surface area contributed by atoms with Gasteiger partial charge in [-0.05, 0) is 37.1 Å². The van der Waals surface area contributed by atoms with Gasteiger partial charge >= 0.3 is 0 Å². The molecular formula is C16H27ClN2O3. The Balaban J connectivity index is 0.00000441. The van der Waals surface area contributed by atoms with Crippen LogP contribution in [0.3, 0.4) is 0 Å². The maximum atomic E-state index is 11.5. The van der Waals surface area contributed by atoms with Gasteiger partial charge in [-0.15, -0.1) is 12.4 Å². The molecule has 0 aliphatic rings. The molecule has 0 spiro atoms. The highest BCUT2D eigenvalue weighted by atomic mass is 35.5. The molecule has 126 valence electrons. The molecule has 0 aliphatic heterocycles. The Morgan fingerprint density at radius 1 is 1.27 bits per heavy atom. The van der Waals surface area contributed by atoms with Gasteiger partial charge in [0.15, 0.2) is 11.5 Å². The van der Waals surface area contributed by atoms with Gasteiger partial charge in [0.1, 0.15) is 0 Å². The number of hydrogen-bond donors (Lipinski definition) is 2. The van der Waals surface area contributed by atoms with Crippen LogP contribution < -0.4 is 20.5 Å². The average molecular weight is 331 g/mol. The molecule has 1 aromatic carbocycles. The van der Waals surface area contributed by atoms with Crippen LogP contribution in [-0.2, 0) is 11.3 Å². The summed E-state index contributed by atoms with van der Waals surface area (Å²) < 4.78 is 11.0. The molecule has 0 radical (unpaired) electrons. The number of benzene rings is 1. The van der Waals surface area contributed by atoms with Crippen molar-refractivity contribution in [1.29, 1.82) is 0 Å². The Morgan fingerprint density at radius 3 is 2.68 bits per heavy atom. The molecule has 0 bridgehead atoms. The molecule has 0 saturated carbocycles. The van der Waals surface area contributed by atoms with Gasteiger partial charge in [0.2, 0.25) is 5.91 Å². The van der Waals surface area contributed by atoms with Crippen LogP contribution in [0.2, 0.25) is 0 Å². The van der Waals surface area contributed by atoms with Crippen molar-refractivity contribution in [3.63, 3.8) is 0 Å². The van der Waals surface area contributed by atoms with E-state index >= 15 is 0 Å². The summed E-state index contributed by atoms with van der Waals surface area (Å²) in [6.45, 7) is 3.82. The van der Waals surface area contributed by atoms with E-state index in [2.05, 4.69) is 12.2 Å². The third-order valence-electron chi connectivity index (χ3n) is 3.08. The summed E-state index contributed by atoms with van der Waals surface area (Å²) in [7, 11) is 1.62. The van der Waals surface area contributed by atoms with Gasteiger partial charge in [0.25, 0.3) is 0 Å². The Hall–Kier alpha value is -1.46. The second-order valence-corrected chi connectivity index (χ2v) is 4.86. The van der Waals surface area contributed by atoms with E-state index < -0.39 is 0 Å². The summed E-state index contributed by atoms with van der Waals surface area (Å²) in [6.07, 6.45) is 3.28. The van der Waals surface area contributed by atoms with Crippen molar-refractivity contribution in [1.82, 2.24) is 5.32 Å². The van der Waals surface area contributed by atoms with Gasteiger partial charge in [0.05, 0.1) is 13.7 Å². The number of methoxy groups -OCH3 is 1. The fourth-order valence-corrected chi connectivity index (χ4v) is 1.82. The summed E-state index contributed by atoms with van der Waals surface area (Å²) in [4.78, 5) is 11.5. The van der Waals surface area contributed by atoms with Crippen molar-refractivity contribution in [2.24, 2.45) is 5.73 Å². The second-order valence-electron chi connectivity index (χ2n) is 4.86. The largest absolute Gasteiger partial charge is 0.493 e. The number of nitrogens with one attached hydrogen (secondary N) is 1. The van der Waals surface area contributed by atoms with Crippen molar-refractivity contribution in [3.8, 4) is 11.5 Å². The zero-order chi connectivity index (χ0) is 15.5. The summed E-state index contributed by atoms with van der Waals surface area (Å²) in [5.41, 5.74) is 6.36. The molecule has 0 fully saturated rings. The van der Waals surface area contributed by atoms with Gasteiger partial charge in [-0.25, -0.2) is 0 Å². The van der Waals surface area contributed by atoms with Crippen LogP contribution in [0.25, 0.3) is 0 Å². The lowest BCUT2D eigenvalue weighted by atomic mass is 10.2. The van der Waals surface area contributed by atoms with Crippen LogP contribution in [-0.4, -0.2) is 26.2 Å². The first-order valence-corrected chi connectivity index (χ1v) is 7.47. The van der Waals surface area contributed by atoms with Crippen molar-refractivity contribution < 1.29 is 14.3 Å². The van der Waals surface area contributed by atoms with Crippen molar-refractivity contribution in [2.75, 3.05) is 20.3 Å². The van der Waals surface area contributed by atoms with Gasteiger partial charge in [0, 0.05) is 13.0 Å². The van der Waals surface area contributed by atoms with E-state index in [-0.39, 0.29) is 18.3 Å². The van der Waals surface area contributed by atoms with Gasteiger partial charge < -0.3 is 20.5 Å². The predicted octanol–water partition coefficient (Wildman–Crippen LogP) is 2.65. The lowest BCUT2D eigenvalue weighted by molar-refractivity contribution is -0.121. The molecule has 1 aromatic rings. The molecular weight excluding hydrogens is 304 g/mol. The van der Waals surface area contributed by atoms with Crippen molar-refractivity contribution in [3.05, 3.63) is 23.8 Å². The minimum Gasteiger partial charge on any atom is -0.493 e. The highest BCUT2D eigenvalue weighted by Gasteiger charge is 2.07. The van der Waals surface area contributed by atoms with Crippen LogP contribution in [0.5, 0.6) is 11.5 Å². The van der Waals surface area contributed by atoms with Gasteiger partial charge in [-0.1, -0.05) is 19.4 Å². The van der Waals surface area contributed by atoms with E-state index in [1.165, 1.54) is 0 Å². The lowest BCUT2D eigenvalue weighted by Crippen LogP contribution is -2.23. The Labute approximate surface area is 139 Å². The summed E-state index contributed by atoms with van der Waals surface area (Å²) in [5.74, 6) is 1.45. The number of unbranched alkanes of at least 4 members (excludes halogenated alkanes) is 1. The number of carbonyl (C=O) groups is 1. The molecule has 1 amide bonds. The van der Waals surface area contributed by atoms with E-state index in [0.29, 0.717) is 38.3 Å². The van der Waals surface area contributed by atoms with Gasteiger partial charge in [-0.3, -0.25) is 4.79 Å². The molecule has 0 saturated heterocycles. The monoisotopic (exact) mass is 330 g/mol. The van der Waals surface area contributed by atoms with E-state index in [0.717, 1.165) is 24.2 Å². The average Bonchev–Trinajstić information content (AvgIpc) is 2.51. The number of hydrogen-bond acceptors (Lipinski definition) is 4. The number of amides is 1. The van der Waals surface area contributed by atoms with E-state index in [9.17, 15) is 4.79 Å². The third kappa shape index (κ3) is 7.52. The first kappa shape index (κ1) is 20.5. The zero-order valence-corrected chi connectivity index (χ0v) is 14.2. The standard InChI is InChI=1S/C16H26N2O3.ClH/c1-3-4-10-21-14-8-7-13(11-15(14)20-2)12-18-16(19)6-5-9-17;/h7-8,11H,3-6,9-10,12,17H2,1-2H3,(H,18,19);1H. The first-order valence-electron chi connectivity index (χ1n) is 7.47. The second kappa shape index (κ2) is 12.1. The summed E-state index contributed by atoms with van der Waals surface area (Å²) in [6, 6.07) is 5.72. The molecule has 0 heterocycles. The number of rotatable bonds is 10. The van der Waals surface area contributed by atoms with Crippen LogP contribution in [0.15, 0.2) is 18.2 Å². The van der Waals surface area contributed by atoms with Gasteiger partial charge in [-0.2, -0.15) is 0 Å². The van der Waals surface area contributed by atoms with Crippen molar-refractivity contribution in [2.45, 2.75) is 39.2 Å². The molecule has 6 heteroatoms. The lowest BCUT2D eigenvalue weighted by Gasteiger charge is -2.12. The van der Waals surface area contributed by atoms with Crippen LogP contribution in [0, 0.1) is 0 Å². The number of halogens is 1. The fourth-order valence-electron chi connectivity index (χ4n) is 1.82. The SMILES string of the molecule is CCCCOc1ccc(CNC(=O)CCCN)cc1OC.Cl. The fraction of sp³-hybridized carbons (Fsp3) is 0.562. The van der Waals surface area contributed by atoms with E-state index in [4.69, 9.17) is 15.2 Å². The Kier molecular flexibility index (Phi) is 11.3. The molecule has 3 N–H and O–H groups in total. The number of nitrogens with two attached hydrogens (primary N) is 1. The molecule has 0 aliphatic carbocycles. The highest BCUT2D eigenvalue weighted by Crippen LogP contribution is 2.28. The predicted molar refractivity (Wildman–Crippen MR) is 90.8 cm³/mol. The number of ether oxygens (including phenoxy) is 2. The first-order chi connectivity index (χ1) is 10.2. The van der Waals surface area contributed by atoms with E-state index in [1.54, 1.807) is 7.11 Å². The molecule has 0 aromatic heterocycles. The number of carbonyl (C=O) groups excluding carboxylic acids is 1. The minimum atomic E-state index is 0. The maximum absolute atomic E-state index is 11.5. The molecule has 0 unspecified atom stereocenters.